The Kier molecular flexibility index (Phi) is 4.92. The SMILES string of the molecule is CNCCCNC(=O)c1ccc(C)cc1F. The van der Waals surface area contributed by atoms with E-state index in [1.807, 2.05) is 7.05 Å². The molecule has 16 heavy (non-hydrogen) atoms. The van der Waals surface area contributed by atoms with Crippen molar-refractivity contribution in [2.75, 3.05) is 20.1 Å². The lowest BCUT2D eigenvalue weighted by Gasteiger charge is -2.06. The highest BCUT2D eigenvalue weighted by molar-refractivity contribution is 5.94. The molecule has 0 aliphatic heterocycles. The van der Waals surface area contributed by atoms with E-state index in [0.717, 1.165) is 18.5 Å². The summed E-state index contributed by atoms with van der Waals surface area (Å²) in [5.74, 6) is -0.820. The maximum absolute atomic E-state index is 13.4. The quantitative estimate of drug-likeness (QED) is 0.744. The molecule has 1 rings (SSSR count). The van der Waals surface area contributed by atoms with Crippen LogP contribution in [0.25, 0.3) is 0 Å². The second-order valence-electron chi connectivity index (χ2n) is 3.70. The predicted molar refractivity (Wildman–Crippen MR) is 62.0 cm³/mol. The van der Waals surface area contributed by atoms with E-state index in [2.05, 4.69) is 10.6 Å². The largest absolute Gasteiger partial charge is 0.352 e. The summed E-state index contributed by atoms with van der Waals surface area (Å²) in [5.41, 5.74) is 0.916. The molecule has 0 saturated carbocycles. The third kappa shape index (κ3) is 3.62. The highest BCUT2D eigenvalue weighted by atomic mass is 19.1. The summed E-state index contributed by atoms with van der Waals surface area (Å²) >= 11 is 0. The van der Waals surface area contributed by atoms with Gasteiger partial charge >= 0.3 is 0 Å². The van der Waals surface area contributed by atoms with E-state index in [1.54, 1.807) is 13.0 Å². The van der Waals surface area contributed by atoms with Crippen LogP contribution in [0.3, 0.4) is 0 Å². The van der Waals surface area contributed by atoms with E-state index in [4.69, 9.17) is 0 Å². The van der Waals surface area contributed by atoms with Crippen molar-refractivity contribution in [2.45, 2.75) is 13.3 Å². The van der Waals surface area contributed by atoms with Crippen LogP contribution in [-0.4, -0.2) is 26.0 Å². The zero-order valence-corrected chi connectivity index (χ0v) is 9.64. The molecule has 0 radical (unpaired) electrons. The second-order valence-corrected chi connectivity index (χ2v) is 3.70. The monoisotopic (exact) mass is 224 g/mol. The Morgan fingerprint density at radius 1 is 1.38 bits per heavy atom. The zero-order chi connectivity index (χ0) is 12.0. The Bertz CT molecular complexity index is 366. The minimum Gasteiger partial charge on any atom is -0.352 e. The molecule has 0 aliphatic carbocycles. The van der Waals surface area contributed by atoms with Gasteiger partial charge in [-0.05, 0) is 44.6 Å². The van der Waals surface area contributed by atoms with Crippen LogP contribution in [0.1, 0.15) is 22.3 Å². The van der Waals surface area contributed by atoms with Crippen LogP contribution in [0, 0.1) is 12.7 Å². The van der Waals surface area contributed by atoms with Crippen molar-refractivity contribution >= 4 is 5.91 Å². The first-order valence-electron chi connectivity index (χ1n) is 5.34. The smallest absolute Gasteiger partial charge is 0.254 e. The van der Waals surface area contributed by atoms with E-state index < -0.39 is 5.82 Å². The van der Waals surface area contributed by atoms with E-state index in [9.17, 15) is 9.18 Å². The molecule has 2 N–H and O–H groups in total. The molecule has 3 nitrogen and oxygen atoms in total. The van der Waals surface area contributed by atoms with Crippen molar-refractivity contribution in [1.82, 2.24) is 10.6 Å². The lowest BCUT2D eigenvalue weighted by atomic mass is 10.1. The molecule has 4 heteroatoms. The first kappa shape index (κ1) is 12.6. The van der Waals surface area contributed by atoms with Gasteiger partial charge in [0.05, 0.1) is 5.56 Å². The fourth-order valence-electron chi connectivity index (χ4n) is 1.37. The van der Waals surface area contributed by atoms with Crippen LogP contribution in [0.2, 0.25) is 0 Å². The van der Waals surface area contributed by atoms with Crippen LogP contribution in [0.5, 0.6) is 0 Å². The van der Waals surface area contributed by atoms with Gasteiger partial charge < -0.3 is 10.6 Å². The summed E-state index contributed by atoms with van der Waals surface area (Å²) in [6.45, 7) is 3.17. The van der Waals surface area contributed by atoms with Crippen molar-refractivity contribution in [1.29, 1.82) is 0 Å². The van der Waals surface area contributed by atoms with Crippen LogP contribution < -0.4 is 10.6 Å². The van der Waals surface area contributed by atoms with E-state index in [0.29, 0.717) is 6.54 Å². The highest BCUT2D eigenvalue weighted by Crippen LogP contribution is 2.09. The molecular weight excluding hydrogens is 207 g/mol. The first-order chi connectivity index (χ1) is 7.65. The number of carbonyl (C=O) groups excluding carboxylic acids is 1. The molecule has 0 aliphatic rings. The first-order valence-corrected chi connectivity index (χ1v) is 5.34. The Morgan fingerprint density at radius 3 is 2.75 bits per heavy atom. The normalized spacial score (nSPS) is 10.2. The molecule has 0 atom stereocenters. The molecular formula is C12H17FN2O. The third-order valence-electron chi connectivity index (χ3n) is 2.26. The van der Waals surface area contributed by atoms with Crippen molar-refractivity contribution < 1.29 is 9.18 Å². The zero-order valence-electron chi connectivity index (χ0n) is 9.64. The van der Waals surface area contributed by atoms with Crippen LogP contribution in [-0.2, 0) is 0 Å². The summed E-state index contributed by atoms with van der Waals surface area (Å²) in [7, 11) is 1.85. The number of nitrogens with one attached hydrogen (secondary N) is 2. The second kappa shape index (κ2) is 6.23. The molecule has 0 saturated heterocycles. The van der Waals surface area contributed by atoms with Gasteiger partial charge in [-0.1, -0.05) is 6.07 Å². The standard InChI is InChI=1S/C12H17FN2O/c1-9-4-5-10(11(13)8-9)12(16)15-7-3-6-14-2/h4-5,8,14H,3,6-7H2,1-2H3,(H,15,16). The van der Waals surface area contributed by atoms with Gasteiger partial charge in [0.25, 0.3) is 5.91 Å². The van der Waals surface area contributed by atoms with Gasteiger partial charge in [-0.15, -0.1) is 0 Å². The predicted octanol–water partition coefficient (Wildman–Crippen LogP) is 1.47. The van der Waals surface area contributed by atoms with E-state index in [-0.39, 0.29) is 11.5 Å². The minimum absolute atomic E-state index is 0.107. The molecule has 0 unspecified atom stereocenters. The number of carbonyl (C=O) groups is 1. The third-order valence-corrected chi connectivity index (χ3v) is 2.26. The number of halogens is 1. The number of amides is 1. The van der Waals surface area contributed by atoms with Crippen molar-refractivity contribution in [3.8, 4) is 0 Å². The lowest BCUT2D eigenvalue weighted by molar-refractivity contribution is 0.0949. The Hall–Kier alpha value is -1.42. The summed E-state index contributed by atoms with van der Waals surface area (Å²) in [5, 5.41) is 5.65. The summed E-state index contributed by atoms with van der Waals surface area (Å²) in [6, 6.07) is 4.60. The highest BCUT2D eigenvalue weighted by Gasteiger charge is 2.10. The Balaban J connectivity index is 2.53. The topological polar surface area (TPSA) is 41.1 Å². The lowest BCUT2D eigenvalue weighted by Crippen LogP contribution is -2.27. The maximum atomic E-state index is 13.4. The van der Waals surface area contributed by atoms with Gasteiger partial charge in [0.1, 0.15) is 5.82 Å². The average Bonchev–Trinajstić information content (AvgIpc) is 2.24. The summed E-state index contributed by atoms with van der Waals surface area (Å²) in [6.07, 6.45) is 0.829. The van der Waals surface area contributed by atoms with Crippen molar-refractivity contribution in [3.05, 3.63) is 35.1 Å². The van der Waals surface area contributed by atoms with Crippen LogP contribution in [0.15, 0.2) is 18.2 Å². The van der Waals surface area contributed by atoms with Crippen molar-refractivity contribution in [3.63, 3.8) is 0 Å². The maximum Gasteiger partial charge on any atom is 0.254 e. The summed E-state index contributed by atoms with van der Waals surface area (Å²) < 4.78 is 13.4. The van der Waals surface area contributed by atoms with Gasteiger partial charge in [-0.3, -0.25) is 4.79 Å². The molecule has 1 aromatic carbocycles. The average molecular weight is 224 g/mol. The summed E-state index contributed by atoms with van der Waals surface area (Å²) in [4.78, 5) is 11.6. The number of rotatable bonds is 5. The van der Waals surface area contributed by atoms with Gasteiger partial charge in [0, 0.05) is 6.54 Å². The van der Waals surface area contributed by atoms with Gasteiger partial charge in [-0.2, -0.15) is 0 Å². The molecule has 1 aromatic rings. The molecule has 0 aromatic heterocycles. The van der Waals surface area contributed by atoms with Crippen molar-refractivity contribution in [2.24, 2.45) is 0 Å². The number of aryl methyl sites for hydroxylation is 1. The molecule has 0 spiro atoms. The number of benzene rings is 1. The van der Waals surface area contributed by atoms with Gasteiger partial charge in [0.2, 0.25) is 0 Å². The Labute approximate surface area is 95.0 Å². The van der Waals surface area contributed by atoms with Gasteiger partial charge in [0.15, 0.2) is 0 Å². The van der Waals surface area contributed by atoms with E-state index >= 15 is 0 Å². The van der Waals surface area contributed by atoms with Gasteiger partial charge in [-0.25, -0.2) is 4.39 Å². The fraction of sp³-hybridized carbons (Fsp3) is 0.417. The van der Waals surface area contributed by atoms with E-state index in [1.165, 1.54) is 12.1 Å². The molecule has 0 heterocycles. The molecule has 88 valence electrons. The number of hydrogen-bond donors (Lipinski definition) is 2. The molecule has 1 amide bonds. The fourth-order valence-corrected chi connectivity index (χ4v) is 1.37. The minimum atomic E-state index is -0.467. The molecule has 0 bridgehead atoms. The molecule has 0 fully saturated rings. The van der Waals surface area contributed by atoms with Crippen LogP contribution in [0.4, 0.5) is 4.39 Å². The Morgan fingerprint density at radius 2 is 2.12 bits per heavy atom. The van der Waals surface area contributed by atoms with Crippen LogP contribution >= 0.6 is 0 Å². The number of hydrogen-bond acceptors (Lipinski definition) is 2.